The van der Waals surface area contributed by atoms with Gasteiger partial charge in [0.15, 0.2) is 0 Å². The number of rotatable bonds is 3. The van der Waals surface area contributed by atoms with E-state index in [0.717, 1.165) is 0 Å². The van der Waals surface area contributed by atoms with Crippen molar-refractivity contribution in [3.63, 3.8) is 0 Å². The molecule has 1 heterocycles. The van der Waals surface area contributed by atoms with Crippen LogP contribution in [0.2, 0.25) is 0 Å². The van der Waals surface area contributed by atoms with Crippen LogP contribution in [0.5, 0.6) is 0 Å². The summed E-state index contributed by atoms with van der Waals surface area (Å²) in [5, 5.41) is 14.7. The van der Waals surface area contributed by atoms with Gasteiger partial charge >= 0.3 is 5.82 Å². The Morgan fingerprint density at radius 3 is 2.69 bits per heavy atom. The fraction of sp³-hybridized carbons (Fsp3) is 0.625. The summed E-state index contributed by atoms with van der Waals surface area (Å²) in [6.45, 7) is 6.21. The highest BCUT2D eigenvalue weighted by molar-refractivity contribution is 5.33. The molecule has 0 fully saturated rings. The van der Waals surface area contributed by atoms with Gasteiger partial charge in [0.2, 0.25) is 0 Å². The summed E-state index contributed by atoms with van der Waals surface area (Å²) >= 11 is 0. The van der Waals surface area contributed by atoms with E-state index in [0.29, 0.717) is 12.1 Å². The maximum atomic E-state index is 10.7. The van der Waals surface area contributed by atoms with Gasteiger partial charge in [0.05, 0.1) is 11.8 Å². The van der Waals surface area contributed by atoms with E-state index in [9.17, 15) is 10.1 Å². The SMILES string of the molecule is CCn1ncc(C(C)C)c1[N+](=O)[O-]. The van der Waals surface area contributed by atoms with Crippen LogP contribution < -0.4 is 0 Å². The Kier molecular flexibility index (Phi) is 2.65. The Bertz CT molecular complexity index is 317. The van der Waals surface area contributed by atoms with Gasteiger partial charge in [0.25, 0.3) is 0 Å². The monoisotopic (exact) mass is 183 g/mol. The lowest BCUT2D eigenvalue weighted by Crippen LogP contribution is -2.04. The molecule has 0 saturated carbocycles. The first-order chi connectivity index (χ1) is 6.07. The standard InChI is InChI=1S/C8H13N3O2/c1-4-10-8(11(12)13)7(5-9-10)6(2)3/h5-6H,4H2,1-3H3. The highest BCUT2D eigenvalue weighted by atomic mass is 16.6. The van der Waals surface area contributed by atoms with Gasteiger partial charge in [-0.2, -0.15) is 0 Å². The molecule has 1 rings (SSSR count). The van der Waals surface area contributed by atoms with Crippen molar-refractivity contribution >= 4 is 5.82 Å². The predicted octanol–water partition coefficient (Wildman–Crippen LogP) is 1.93. The Morgan fingerprint density at radius 1 is 1.69 bits per heavy atom. The normalized spacial score (nSPS) is 10.8. The summed E-state index contributed by atoms with van der Waals surface area (Å²) in [7, 11) is 0. The molecular formula is C8H13N3O2. The summed E-state index contributed by atoms with van der Waals surface area (Å²) < 4.78 is 1.41. The average Bonchev–Trinajstić information content (AvgIpc) is 2.46. The van der Waals surface area contributed by atoms with E-state index in [1.165, 1.54) is 4.68 Å². The number of hydrogen-bond acceptors (Lipinski definition) is 3. The molecule has 1 aromatic heterocycles. The van der Waals surface area contributed by atoms with Crippen molar-refractivity contribution in [2.75, 3.05) is 0 Å². The quantitative estimate of drug-likeness (QED) is 0.531. The smallest absolute Gasteiger partial charge is 0.348 e. The minimum Gasteiger partial charge on any atom is -0.358 e. The van der Waals surface area contributed by atoms with E-state index in [1.807, 2.05) is 20.8 Å². The maximum Gasteiger partial charge on any atom is 0.348 e. The first kappa shape index (κ1) is 9.70. The molecule has 13 heavy (non-hydrogen) atoms. The van der Waals surface area contributed by atoms with Crippen molar-refractivity contribution in [2.24, 2.45) is 0 Å². The van der Waals surface area contributed by atoms with Crippen LogP contribution in [0.1, 0.15) is 32.3 Å². The Balaban J connectivity index is 3.22. The van der Waals surface area contributed by atoms with E-state index in [4.69, 9.17) is 0 Å². The van der Waals surface area contributed by atoms with Gasteiger partial charge in [0.1, 0.15) is 6.54 Å². The Hall–Kier alpha value is -1.39. The van der Waals surface area contributed by atoms with Crippen LogP contribution in [-0.2, 0) is 6.54 Å². The van der Waals surface area contributed by atoms with Crippen molar-refractivity contribution in [3.8, 4) is 0 Å². The van der Waals surface area contributed by atoms with Gasteiger partial charge in [-0.05, 0) is 17.8 Å². The average molecular weight is 183 g/mol. The molecule has 0 bridgehead atoms. The van der Waals surface area contributed by atoms with Crippen molar-refractivity contribution in [2.45, 2.75) is 33.2 Å². The fourth-order valence-corrected chi connectivity index (χ4v) is 1.23. The van der Waals surface area contributed by atoms with Gasteiger partial charge < -0.3 is 10.1 Å². The first-order valence-electron chi connectivity index (χ1n) is 4.28. The topological polar surface area (TPSA) is 61.0 Å². The number of nitro groups is 1. The molecule has 0 aliphatic rings. The molecule has 0 aromatic carbocycles. The molecule has 1 aromatic rings. The molecule has 0 unspecified atom stereocenters. The molecule has 0 saturated heterocycles. The van der Waals surface area contributed by atoms with Gasteiger partial charge in [-0.3, -0.25) is 0 Å². The zero-order valence-corrected chi connectivity index (χ0v) is 8.02. The second-order valence-electron chi connectivity index (χ2n) is 3.15. The summed E-state index contributed by atoms with van der Waals surface area (Å²) in [4.78, 5) is 10.3. The van der Waals surface area contributed by atoms with Crippen molar-refractivity contribution in [1.82, 2.24) is 9.78 Å². The summed E-state index contributed by atoms with van der Waals surface area (Å²) in [6.07, 6.45) is 1.58. The molecule has 0 amide bonds. The van der Waals surface area contributed by atoms with E-state index >= 15 is 0 Å². The molecule has 0 radical (unpaired) electrons. The van der Waals surface area contributed by atoms with Crippen molar-refractivity contribution < 1.29 is 4.92 Å². The third-order valence-electron chi connectivity index (χ3n) is 1.93. The summed E-state index contributed by atoms with van der Waals surface area (Å²) in [5.74, 6) is 0.262. The second kappa shape index (κ2) is 3.55. The molecule has 0 aliphatic heterocycles. The van der Waals surface area contributed by atoms with Crippen LogP contribution in [0, 0.1) is 10.1 Å². The number of aryl methyl sites for hydroxylation is 1. The highest BCUT2D eigenvalue weighted by Crippen LogP contribution is 2.25. The van der Waals surface area contributed by atoms with E-state index in [2.05, 4.69) is 5.10 Å². The van der Waals surface area contributed by atoms with Gasteiger partial charge in [-0.15, -0.1) is 4.68 Å². The summed E-state index contributed by atoms with van der Waals surface area (Å²) in [5.41, 5.74) is 0.701. The van der Waals surface area contributed by atoms with Crippen molar-refractivity contribution in [1.29, 1.82) is 0 Å². The molecule has 5 heteroatoms. The lowest BCUT2D eigenvalue weighted by atomic mass is 10.1. The fourth-order valence-electron chi connectivity index (χ4n) is 1.23. The first-order valence-corrected chi connectivity index (χ1v) is 4.28. The minimum absolute atomic E-state index is 0.123. The molecule has 72 valence electrons. The maximum absolute atomic E-state index is 10.7. The van der Waals surface area contributed by atoms with Gasteiger partial charge in [0, 0.05) is 0 Å². The van der Waals surface area contributed by atoms with Crippen LogP contribution in [0.15, 0.2) is 6.20 Å². The lowest BCUT2D eigenvalue weighted by molar-refractivity contribution is -0.393. The highest BCUT2D eigenvalue weighted by Gasteiger charge is 2.22. The lowest BCUT2D eigenvalue weighted by Gasteiger charge is -2.02. The molecule has 5 nitrogen and oxygen atoms in total. The zero-order valence-electron chi connectivity index (χ0n) is 8.02. The Labute approximate surface area is 76.5 Å². The second-order valence-corrected chi connectivity index (χ2v) is 3.15. The van der Waals surface area contributed by atoms with Crippen LogP contribution in [0.25, 0.3) is 0 Å². The molecule has 0 N–H and O–H groups in total. The predicted molar refractivity (Wildman–Crippen MR) is 48.6 cm³/mol. The number of nitrogens with zero attached hydrogens (tertiary/aromatic N) is 3. The largest absolute Gasteiger partial charge is 0.358 e. The van der Waals surface area contributed by atoms with E-state index < -0.39 is 0 Å². The van der Waals surface area contributed by atoms with Crippen LogP contribution in [0.4, 0.5) is 5.82 Å². The van der Waals surface area contributed by atoms with Crippen molar-refractivity contribution in [3.05, 3.63) is 21.9 Å². The molecular weight excluding hydrogens is 170 g/mol. The molecule has 0 atom stereocenters. The van der Waals surface area contributed by atoms with Crippen LogP contribution in [0.3, 0.4) is 0 Å². The minimum atomic E-state index is -0.369. The van der Waals surface area contributed by atoms with Crippen LogP contribution in [-0.4, -0.2) is 14.7 Å². The Morgan fingerprint density at radius 2 is 2.31 bits per heavy atom. The van der Waals surface area contributed by atoms with E-state index in [1.54, 1.807) is 6.20 Å². The van der Waals surface area contributed by atoms with E-state index in [-0.39, 0.29) is 16.7 Å². The number of aromatic nitrogens is 2. The van der Waals surface area contributed by atoms with Crippen LogP contribution >= 0.6 is 0 Å². The summed E-state index contributed by atoms with van der Waals surface area (Å²) in [6, 6.07) is 0. The molecule has 0 spiro atoms. The molecule has 0 aliphatic carbocycles. The third kappa shape index (κ3) is 1.68. The van der Waals surface area contributed by atoms with Gasteiger partial charge in [-0.1, -0.05) is 18.9 Å². The number of hydrogen-bond donors (Lipinski definition) is 0. The third-order valence-corrected chi connectivity index (χ3v) is 1.93. The zero-order chi connectivity index (χ0) is 10.0. The van der Waals surface area contributed by atoms with Gasteiger partial charge in [-0.25, -0.2) is 0 Å².